The number of aromatic nitrogens is 7. The van der Waals surface area contributed by atoms with Crippen molar-refractivity contribution in [1.82, 2.24) is 50.4 Å². The van der Waals surface area contributed by atoms with Gasteiger partial charge in [-0.2, -0.15) is 0 Å². The van der Waals surface area contributed by atoms with E-state index in [-0.39, 0.29) is 83.3 Å². The Hall–Kier alpha value is -8.95. The number of rotatable bonds is 13. The largest absolute Gasteiger partial charge is 0.513 e. The SMILES string of the molecule is CCOC(=O)Oc1ccc(C[C@@H]2NC(=O)c3csc(n3)[C@H]([C@H](O)c3ccccc3)CC(=O)c3nc(sc3C)[C@H](CC(N)=O)NC(=O)c3csc(n3)-c3ccc(-c4nc(CC(=O)OC5CCC(C(=O)OC)CC5)cs4)nc3-c3csc(n3)-c3csc(n3)[C@@H]3[C@@H](C)[C@@H](O)CN3C2=O)cc1. The smallest absolute Gasteiger partial charge is 0.469 e. The summed E-state index contributed by atoms with van der Waals surface area (Å²) >= 11 is 7.07. The molecule has 7 atom stereocenters. The maximum Gasteiger partial charge on any atom is 0.513 e. The molecule has 97 heavy (non-hydrogen) atoms. The standard InChI is InChI=1S/C66H63N11O14S6/c1-5-89-66(87)91-38-15-11-33(12-16-38)21-43-64(85)77-25-49(79)31(2)54(77)63-75-47(30-96-63)61-72-44(27-95-61)53-39(19-20-41(69-53)60-68-36(26-92-60)22-51(81)90-37-17-13-35(14-18-37)65(86)88-4)58-73-45(28-93-58)56(83)70-42(24-50(67)80)62-76-52(32(3)97-62)48(78)23-40(55(82)34-9-7-6-8-10-34)59-74-46(29-94-59)57(84)71-43/h6-12,15-16,19-20,26-31,35,37,40,42-43,49,54-55,79,82H,5,13-14,17-18,21-25H2,1-4H3,(H2,67,80)(H,70,83)(H,71,84)/t31-,35?,37?,40-,42-,43-,49-,54-,55+/m0/s1. The molecular formula is C66H63N11O14S6. The van der Waals surface area contributed by atoms with E-state index in [2.05, 4.69) is 10.6 Å². The number of benzene rings is 2. The minimum Gasteiger partial charge on any atom is -0.469 e. The third-order valence-corrected chi connectivity index (χ3v) is 22.5. The second-order valence-electron chi connectivity index (χ2n) is 23.4. The quantitative estimate of drug-likeness (QED) is 0.0407. The second kappa shape index (κ2) is 29.8. The molecule has 4 amide bonds. The highest BCUT2D eigenvalue weighted by atomic mass is 32.1. The van der Waals surface area contributed by atoms with E-state index in [1.54, 1.807) is 90.0 Å². The van der Waals surface area contributed by atoms with Gasteiger partial charge in [0.05, 0.1) is 73.2 Å². The first kappa shape index (κ1) is 68.0. The number of nitrogens with one attached hydrogen (secondary N) is 2. The summed E-state index contributed by atoms with van der Waals surface area (Å²) in [6.07, 6.45) is -2.32. The first-order valence-corrected chi connectivity index (χ1v) is 36.1. The summed E-state index contributed by atoms with van der Waals surface area (Å²) in [5.41, 5.74) is 9.29. The van der Waals surface area contributed by atoms with Crippen LogP contribution in [0, 0.1) is 18.8 Å². The lowest BCUT2D eigenvalue weighted by Crippen LogP contribution is -2.50. The maximum absolute atomic E-state index is 15.4. The Morgan fingerprint density at radius 1 is 0.711 bits per heavy atom. The molecule has 10 bridgehead atoms. The molecule has 6 N–H and O–H groups in total. The molecule has 31 heteroatoms. The van der Waals surface area contributed by atoms with Crippen molar-refractivity contribution in [3.63, 3.8) is 0 Å². The second-order valence-corrected chi connectivity index (χ2v) is 29.0. The van der Waals surface area contributed by atoms with Crippen LogP contribution in [0.15, 0.2) is 93.6 Å². The number of aliphatic hydroxyl groups excluding tert-OH is 2. The number of amides is 4. The summed E-state index contributed by atoms with van der Waals surface area (Å²) in [5.74, 6) is -5.63. The Balaban J connectivity index is 0.913. The van der Waals surface area contributed by atoms with Gasteiger partial charge in [0.2, 0.25) is 11.8 Å². The van der Waals surface area contributed by atoms with Crippen molar-refractivity contribution >= 4 is 116 Å². The zero-order chi connectivity index (χ0) is 68.2. The first-order chi connectivity index (χ1) is 46.8. The van der Waals surface area contributed by atoms with Crippen LogP contribution in [-0.2, 0) is 46.2 Å². The minimum absolute atomic E-state index is 0.0102. The summed E-state index contributed by atoms with van der Waals surface area (Å²) in [5, 5.41) is 40.2. The third-order valence-electron chi connectivity index (χ3n) is 16.8. The van der Waals surface area contributed by atoms with Crippen LogP contribution < -0.4 is 21.1 Å². The molecular weight excluding hydrogens is 1360 g/mol. The number of carbonyl (C=O) groups is 8. The molecule has 3 aliphatic rings. The van der Waals surface area contributed by atoms with Gasteiger partial charge in [0, 0.05) is 68.6 Å². The van der Waals surface area contributed by atoms with E-state index in [9.17, 15) is 43.8 Å². The number of hydrogen-bond donors (Lipinski definition) is 5. The fourth-order valence-corrected chi connectivity index (χ4v) is 17.2. The average molecular weight is 1430 g/mol. The lowest BCUT2D eigenvalue weighted by atomic mass is 9.87. The molecule has 2 aliphatic heterocycles. The fourth-order valence-electron chi connectivity index (χ4n) is 11.8. The Morgan fingerprint density at radius 2 is 1.37 bits per heavy atom. The van der Waals surface area contributed by atoms with E-state index in [1.165, 1.54) is 63.5 Å². The number of aryl methyl sites for hydroxylation is 1. The van der Waals surface area contributed by atoms with Crippen LogP contribution in [0.3, 0.4) is 0 Å². The van der Waals surface area contributed by atoms with Crippen molar-refractivity contribution in [2.45, 2.75) is 114 Å². The van der Waals surface area contributed by atoms with Crippen LogP contribution >= 0.6 is 68.0 Å². The molecule has 7 aromatic heterocycles. The van der Waals surface area contributed by atoms with Crippen LogP contribution in [-0.4, -0.2) is 136 Å². The Morgan fingerprint density at radius 3 is 2.11 bits per heavy atom. The number of esters is 2. The molecule has 12 rings (SSSR count). The summed E-state index contributed by atoms with van der Waals surface area (Å²) in [7, 11) is 1.36. The zero-order valence-corrected chi connectivity index (χ0v) is 57.3. The minimum atomic E-state index is -1.33. The molecule has 0 unspecified atom stereocenters. The highest BCUT2D eigenvalue weighted by Crippen LogP contribution is 2.44. The van der Waals surface area contributed by atoms with Gasteiger partial charge in [0.1, 0.15) is 77.1 Å². The monoisotopic (exact) mass is 1430 g/mol. The number of ether oxygens (including phenoxy) is 4. The third kappa shape index (κ3) is 15.4. The fraction of sp³-hybridized carbons (Fsp3) is 0.348. The molecule has 2 fully saturated rings. The number of primary amides is 1. The zero-order valence-electron chi connectivity index (χ0n) is 52.4. The van der Waals surface area contributed by atoms with E-state index < -0.39 is 90.1 Å². The Kier molecular flexibility index (Phi) is 20.9. The van der Waals surface area contributed by atoms with Gasteiger partial charge in [-0.3, -0.25) is 33.6 Å². The number of Topliss-reactive ketones (excluding diaryl/α,β-unsaturated/α-hetero) is 1. The number of nitrogens with zero attached hydrogens (tertiary/aromatic N) is 8. The number of fused-ring (bicyclic) bond motifs is 16. The van der Waals surface area contributed by atoms with Gasteiger partial charge >= 0.3 is 18.1 Å². The lowest BCUT2D eigenvalue weighted by Gasteiger charge is -2.29. The van der Waals surface area contributed by atoms with Crippen LogP contribution in [0.4, 0.5) is 4.79 Å². The van der Waals surface area contributed by atoms with Crippen LogP contribution in [0.25, 0.3) is 43.4 Å². The predicted molar refractivity (Wildman–Crippen MR) is 361 cm³/mol. The van der Waals surface area contributed by atoms with Crippen molar-refractivity contribution in [3.8, 4) is 49.1 Å². The van der Waals surface area contributed by atoms with Gasteiger partial charge in [0.15, 0.2) is 5.78 Å². The number of ketones is 1. The highest BCUT2D eigenvalue weighted by molar-refractivity contribution is 7.15. The van der Waals surface area contributed by atoms with E-state index in [0.29, 0.717) is 95.8 Å². The van der Waals surface area contributed by atoms with Crippen LogP contribution in [0.2, 0.25) is 0 Å². The molecule has 9 aromatic rings. The van der Waals surface area contributed by atoms with Crippen molar-refractivity contribution in [2.24, 2.45) is 17.6 Å². The summed E-state index contributed by atoms with van der Waals surface area (Å²) in [6, 6.07) is 15.3. The molecule has 1 saturated heterocycles. The number of hydrogen-bond acceptors (Lipinski definition) is 27. The van der Waals surface area contributed by atoms with E-state index in [0.717, 1.165) is 34.0 Å². The number of aliphatic hydroxyl groups is 2. The number of methoxy groups -OCH3 is 1. The van der Waals surface area contributed by atoms with Crippen molar-refractivity contribution < 1.29 is 67.5 Å². The Bertz CT molecular complexity index is 4420. The lowest BCUT2D eigenvalue weighted by molar-refractivity contribution is -0.153. The maximum atomic E-state index is 15.4. The van der Waals surface area contributed by atoms with Crippen LogP contribution in [0.5, 0.6) is 5.75 Å². The Labute approximate surface area is 578 Å². The number of carbonyl (C=O) groups excluding carboxylic acids is 8. The predicted octanol–water partition coefficient (Wildman–Crippen LogP) is 9.82. The van der Waals surface area contributed by atoms with Gasteiger partial charge in [0.25, 0.3) is 11.8 Å². The van der Waals surface area contributed by atoms with Crippen molar-refractivity contribution in [1.29, 1.82) is 0 Å². The number of nitrogens with two attached hydrogens (primary N) is 1. The topological polar surface area (TPSA) is 357 Å². The van der Waals surface area contributed by atoms with E-state index in [1.807, 2.05) is 6.92 Å². The van der Waals surface area contributed by atoms with Gasteiger partial charge in [-0.25, -0.2) is 39.7 Å². The van der Waals surface area contributed by atoms with E-state index in [4.69, 9.17) is 59.6 Å². The molecule has 9 heterocycles. The molecule has 1 aliphatic carbocycles. The van der Waals surface area contributed by atoms with Gasteiger partial charge < -0.3 is 50.4 Å². The van der Waals surface area contributed by atoms with Crippen LogP contribution in [0.1, 0.15) is 145 Å². The molecule has 2 aromatic carbocycles. The molecule has 0 radical (unpaired) electrons. The summed E-state index contributed by atoms with van der Waals surface area (Å²) < 4.78 is 21.0. The highest BCUT2D eigenvalue weighted by Gasteiger charge is 2.46. The van der Waals surface area contributed by atoms with Crippen molar-refractivity contribution in [3.05, 3.63) is 147 Å². The van der Waals surface area contributed by atoms with Gasteiger partial charge in [-0.15, -0.1) is 68.0 Å². The normalized spacial score (nSPS) is 21.0. The number of thiazole rings is 6. The van der Waals surface area contributed by atoms with E-state index >= 15 is 4.79 Å². The first-order valence-electron chi connectivity index (χ1n) is 30.9. The summed E-state index contributed by atoms with van der Waals surface area (Å²) in [6.45, 7) is 5.10. The molecule has 25 nitrogen and oxygen atoms in total. The average Bonchev–Trinajstić information content (AvgIpc) is 1.65. The van der Waals surface area contributed by atoms with Crippen molar-refractivity contribution in [2.75, 3.05) is 20.3 Å². The van der Waals surface area contributed by atoms with Gasteiger partial charge in [-0.1, -0.05) is 49.4 Å². The summed E-state index contributed by atoms with van der Waals surface area (Å²) in [4.78, 5) is 146. The molecule has 0 spiro atoms. The molecule has 502 valence electrons. The number of pyridine rings is 1. The molecule has 1 saturated carbocycles. The van der Waals surface area contributed by atoms with Gasteiger partial charge in [-0.05, 0) is 74.9 Å².